The van der Waals surface area contributed by atoms with Crippen molar-refractivity contribution in [2.75, 3.05) is 19.8 Å². The van der Waals surface area contributed by atoms with Crippen molar-refractivity contribution in [1.29, 1.82) is 0 Å². The van der Waals surface area contributed by atoms with Crippen LogP contribution >= 0.6 is 0 Å². The van der Waals surface area contributed by atoms with E-state index in [1.165, 1.54) is 0 Å². The molecule has 6 heteroatoms. The number of nitrogens with one attached hydrogen (secondary N) is 1. The van der Waals surface area contributed by atoms with Crippen LogP contribution in [0, 0.1) is 0 Å². The van der Waals surface area contributed by atoms with Crippen LogP contribution in [-0.2, 0) is 4.74 Å². The van der Waals surface area contributed by atoms with Crippen LogP contribution in [0.3, 0.4) is 0 Å². The maximum absolute atomic E-state index is 12.2. The van der Waals surface area contributed by atoms with Crippen LogP contribution < -0.4 is 5.32 Å². The second-order valence-electron chi connectivity index (χ2n) is 4.64. The molecule has 0 aromatic rings. The molecule has 0 amide bonds. The number of hydrogen-bond donors (Lipinski definition) is 2. The Hall–Kier alpha value is -0.330. The van der Waals surface area contributed by atoms with E-state index < -0.39 is 18.3 Å². The summed E-state index contributed by atoms with van der Waals surface area (Å²) in [4.78, 5) is 0. The van der Waals surface area contributed by atoms with Crippen molar-refractivity contribution >= 4 is 0 Å². The van der Waals surface area contributed by atoms with Gasteiger partial charge < -0.3 is 15.2 Å². The van der Waals surface area contributed by atoms with Gasteiger partial charge in [-0.25, -0.2) is 0 Å². The molecule has 1 heterocycles. The Morgan fingerprint density at radius 1 is 1.47 bits per heavy atom. The Balaban J connectivity index is 2.54. The number of alkyl halides is 3. The summed E-state index contributed by atoms with van der Waals surface area (Å²) < 4.78 is 42.0. The fraction of sp³-hybridized carbons (Fsp3) is 1.00. The lowest BCUT2D eigenvalue weighted by molar-refractivity contribution is -0.136. The SMILES string of the molecule is CCCC1CC(CO)(NCC(F)(F)F)CCO1. The van der Waals surface area contributed by atoms with Gasteiger partial charge in [0.05, 0.1) is 19.3 Å². The van der Waals surface area contributed by atoms with Crippen molar-refractivity contribution in [3.05, 3.63) is 0 Å². The molecule has 3 nitrogen and oxygen atoms in total. The summed E-state index contributed by atoms with van der Waals surface area (Å²) in [7, 11) is 0. The molecule has 2 N–H and O–H groups in total. The molecule has 0 saturated carbocycles. The van der Waals surface area contributed by atoms with Gasteiger partial charge in [0.15, 0.2) is 0 Å². The summed E-state index contributed by atoms with van der Waals surface area (Å²) >= 11 is 0. The van der Waals surface area contributed by atoms with E-state index in [0.29, 0.717) is 19.4 Å². The zero-order valence-electron chi connectivity index (χ0n) is 10.0. The van der Waals surface area contributed by atoms with Gasteiger partial charge in [-0.1, -0.05) is 13.3 Å². The summed E-state index contributed by atoms with van der Waals surface area (Å²) in [6.45, 7) is 1.05. The molecule has 2 atom stereocenters. The molecule has 1 aliphatic rings. The predicted molar refractivity (Wildman–Crippen MR) is 57.8 cm³/mol. The molecule has 2 unspecified atom stereocenters. The average molecular weight is 255 g/mol. The zero-order chi connectivity index (χ0) is 12.9. The van der Waals surface area contributed by atoms with Gasteiger partial charge in [0.1, 0.15) is 0 Å². The number of hydrogen-bond acceptors (Lipinski definition) is 3. The van der Waals surface area contributed by atoms with Crippen LogP contribution in [-0.4, -0.2) is 42.7 Å². The van der Waals surface area contributed by atoms with Gasteiger partial charge >= 0.3 is 6.18 Å². The monoisotopic (exact) mass is 255 g/mol. The topological polar surface area (TPSA) is 41.5 Å². The molecule has 102 valence electrons. The first-order chi connectivity index (χ1) is 7.91. The molecule has 1 aliphatic heterocycles. The molecule has 1 saturated heterocycles. The molecule has 0 bridgehead atoms. The van der Waals surface area contributed by atoms with E-state index in [9.17, 15) is 18.3 Å². The van der Waals surface area contributed by atoms with Crippen LogP contribution in [0.1, 0.15) is 32.6 Å². The minimum absolute atomic E-state index is 0.0540. The van der Waals surface area contributed by atoms with Crippen LogP contribution in [0.15, 0.2) is 0 Å². The van der Waals surface area contributed by atoms with Crippen molar-refractivity contribution in [1.82, 2.24) is 5.32 Å². The van der Waals surface area contributed by atoms with Gasteiger partial charge in [-0.2, -0.15) is 13.2 Å². The van der Waals surface area contributed by atoms with Crippen molar-refractivity contribution in [2.24, 2.45) is 0 Å². The Morgan fingerprint density at radius 2 is 2.18 bits per heavy atom. The van der Waals surface area contributed by atoms with Gasteiger partial charge in [-0.05, 0) is 19.3 Å². The highest BCUT2D eigenvalue weighted by Crippen LogP contribution is 2.28. The normalized spacial score (nSPS) is 30.5. The first-order valence-corrected chi connectivity index (χ1v) is 5.95. The molecule has 0 aliphatic carbocycles. The summed E-state index contributed by atoms with van der Waals surface area (Å²) in [6.07, 6.45) is -1.71. The van der Waals surface area contributed by atoms with E-state index in [2.05, 4.69) is 5.32 Å². The predicted octanol–water partition coefficient (Wildman–Crippen LogP) is 1.85. The van der Waals surface area contributed by atoms with Crippen LogP contribution in [0.2, 0.25) is 0 Å². The number of rotatable bonds is 5. The minimum Gasteiger partial charge on any atom is -0.394 e. The molecule has 0 spiro atoms. The number of aliphatic hydroxyl groups excluding tert-OH is 1. The van der Waals surface area contributed by atoms with E-state index in [-0.39, 0.29) is 12.7 Å². The van der Waals surface area contributed by atoms with Crippen molar-refractivity contribution in [3.8, 4) is 0 Å². The highest BCUT2D eigenvalue weighted by Gasteiger charge is 2.39. The number of aliphatic hydroxyl groups is 1. The molecular weight excluding hydrogens is 235 g/mol. The Morgan fingerprint density at radius 3 is 2.71 bits per heavy atom. The van der Waals surface area contributed by atoms with Crippen LogP contribution in [0.25, 0.3) is 0 Å². The summed E-state index contributed by atoms with van der Waals surface area (Å²) in [5.41, 5.74) is -0.840. The lowest BCUT2D eigenvalue weighted by atomic mass is 9.86. The van der Waals surface area contributed by atoms with Crippen LogP contribution in [0.5, 0.6) is 0 Å². The second-order valence-corrected chi connectivity index (χ2v) is 4.64. The molecule has 1 fully saturated rings. The standard InChI is InChI=1S/C11H20F3NO2/c1-2-3-9-6-10(8-16,4-5-17-9)15-7-11(12,13)14/h9,15-16H,2-8H2,1H3. The van der Waals surface area contributed by atoms with Crippen LogP contribution in [0.4, 0.5) is 13.2 Å². The number of ether oxygens (including phenoxy) is 1. The second kappa shape index (κ2) is 6.02. The van der Waals surface area contributed by atoms with Gasteiger partial charge in [0.25, 0.3) is 0 Å². The van der Waals surface area contributed by atoms with E-state index >= 15 is 0 Å². The molecule has 0 aromatic carbocycles. The average Bonchev–Trinajstić information content (AvgIpc) is 2.27. The van der Waals surface area contributed by atoms with Gasteiger partial charge in [-0.3, -0.25) is 0 Å². The van der Waals surface area contributed by atoms with Crippen molar-refractivity contribution in [3.63, 3.8) is 0 Å². The molecule has 0 aromatic heterocycles. The smallest absolute Gasteiger partial charge is 0.394 e. The van der Waals surface area contributed by atoms with Gasteiger partial charge in [-0.15, -0.1) is 0 Å². The lowest BCUT2D eigenvalue weighted by Gasteiger charge is -2.40. The first-order valence-electron chi connectivity index (χ1n) is 5.95. The Bertz CT molecular complexity index is 233. The van der Waals surface area contributed by atoms with Crippen molar-refractivity contribution < 1.29 is 23.0 Å². The molecule has 0 radical (unpaired) electrons. The molecule has 1 rings (SSSR count). The Kier molecular flexibility index (Phi) is 5.22. The summed E-state index contributed by atoms with van der Waals surface area (Å²) in [6, 6.07) is 0. The van der Waals surface area contributed by atoms with E-state index in [1.807, 2.05) is 6.92 Å². The van der Waals surface area contributed by atoms with E-state index in [0.717, 1.165) is 12.8 Å². The van der Waals surface area contributed by atoms with Gasteiger partial charge in [0, 0.05) is 12.1 Å². The van der Waals surface area contributed by atoms with Gasteiger partial charge in [0.2, 0.25) is 0 Å². The Labute approximate surface area is 99.3 Å². The van der Waals surface area contributed by atoms with E-state index in [4.69, 9.17) is 4.74 Å². The van der Waals surface area contributed by atoms with E-state index in [1.54, 1.807) is 0 Å². The third-order valence-corrected chi connectivity index (χ3v) is 3.13. The third kappa shape index (κ3) is 4.81. The maximum Gasteiger partial charge on any atom is 0.401 e. The number of halogens is 3. The summed E-state index contributed by atoms with van der Waals surface area (Å²) in [5.74, 6) is 0. The zero-order valence-corrected chi connectivity index (χ0v) is 10.0. The fourth-order valence-corrected chi connectivity index (χ4v) is 2.17. The fourth-order valence-electron chi connectivity index (χ4n) is 2.17. The maximum atomic E-state index is 12.2. The van der Waals surface area contributed by atoms with Crippen molar-refractivity contribution in [2.45, 2.75) is 50.4 Å². The molecule has 17 heavy (non-hydrogen) atoms. The quantitative estimate of drug-likeness (QED) is 0.787. The third-order valence-electron chi connectivity index (χ3n) is 3.13. The largest absolute Gasteiger partial charge is 0.401 e. The highest BCUT2D eigenvalue weighted by atomic mass is 19.4. The lowest BCUT2D eigenvalue weighted by Crippen LogP contribution is -2.56. The highest BCUT2D eigenvalue weighted by molar-refractivity contribution is 4.93. The minimum atomic E-state index is -4.25. The molecular formula is C11H20F3NO2. The first kappa shape index (κ1) is 14.7. The summed E-state index contributed by atoms with van der Waals surface area (Å²) in [5, 5.41) is 11.8.